The highest BCUT2D eigenvalue weighted by Crippen LogP contribution is 2.35. The molecule has 1 aromatic heterocycles. The number of nitrogens with one attached hydrogen (secondary N) is 2. The molecule has 3 rings (SSSR count). The Morgan fingerprint density at radius 1 is 1.40 bits per heavy atom. The molecule has 25 heavy (non-hydrogen) atoms. The van der Waals surface area contributed by atoms with E-state index < -0.39 is 5.82 Å². The second-order valence-electron chi connectivity index (χ2n) is 6.43. The van der Waals surface area contributed by atoms with E-state index in [1.807, 2.05) is 20.8 Å². The van der Waals surface area contributed by atoms with Crippen LogP contribution in [0.25, 0.3) is 0 Å². The van der Waals surface area contributed by atoms with Gasteiger partial charge in [-0.05, 0) is 45.2 Å². The summed E-state index contributed by atoms with van der Waals surface area (Å²) in [4.78, 5) is 14.6. The van der Waals surface area contributed by atoms with Crippen molar-refractivity contribution in [1.82, 2.24) is 15.1 Å². The first-order valence-electron chi connectivity index (χ1n) is 8.35. The van der Waals surface area contributed by atoms with Gasteiger partial charge in [0, 0.05) is 29.6 Å². The summed E-state index contributed by atoms with van der Waals surface area (Å²) in [5, 5.41) is 10.1. The Balaban J connectivity index is 1.82. The zero-order chi connectivity index (χ0) is 18.1. The predicted octanol–water partition coefficient (Wildman–Crippen LogP) is 3.85. The fourth-order valence-corrected chi connectivity index (χ4v) is 3.49. The quantitative estimate of drug-likeness (QED) is 0.887. The fraction of sp³-hybridized carbons (Fsp3) is 0.444. The molecule has 1 saturated heterocycles. The number of H-pyrrole nitrogens is 1. The third-order valence-corrected chi connectivity index (χ3v) is 4.77. The first-order valence-corrected chi connectivity index (χ1v) is 8.35. The number of ether oxygens (including phenoxy) is 1. The molecule has 2 aromatic rings. The van der Waals surface area contributed by atoms with Gasteiger partial charge in [-0.1, -0.05) is 0 Å². The Morgan fingerprint density at radius 3 is 2.80 bits per heavy atom. The zero-order valence-electron chi connectivity index (χ0n) is 14.9. The number of aromatic amines is 1. The third kappa shape index (κ3) is 3.18. The van der Waals surface area contributed by atoms with Gasteiger partial charge in [-0.25, -0.2) is 9.18 Å². The largest absolute Gasteiger partial charge is 0.494 e. The highest BCUT2D eigenvalue weighted by Gasteiger charge is 2.33. The van der Waals surface area contributed by atoms with E-state index in [9.17, 15) is 9.18 Å². The average molecular weight is 346 g/mol. The molecule has 0 aliphatic carbocycles. The molecule has 0 spiro atoms. The van der Waals surface area contributed by atoms with Crippen molar-refractivity contribution >= 4 is 11.7 Å². The van der Waals surface area contributed by atoms with Gasteiger partial charge in [0.1, 0.15) is 0 Å². The normalized spacial score (nSPS) is 17.0. The van der Waals surface area contributed by atoms with Gasteiger partial charge in [0.05, 0.1) is 18.8 Å². The van der Waals surface area contributed by atoms with Crippen molar-refractivity contribution in [3.8, 4) is 5.75 Å². The van der Waals surface area contributed by atoms with Crippen LogP contribution in [0.5, 0.6) is 5.75 Å². The van der Waals surface area contributed by atoms with Crippen LogP contribution in [-0.2, 0) is 0 Å². The molecule has 0 unspecified atom stereocenters. The molecule has 6 nitrogen and oxygen atoms in total. The number of hydrogen-bond donors (Lipinski definition) is 2. The minimum Gasteiger partial charge on any atom is -0.494 e. The van der Waals surface area contributed by atoms with Crippen molar-refractivity contribution in [2.45, 2.75) is 39.7 Å². The Kier molecular flexibility index (Phi) is 4.65. The summed E-state index contributed by atoms with van der Waals surface area (Å²) in [6.45, 7) is 6.38. The summed E-state index contributed by atoms with van der Waals surface area (Å²) in [5.74, 6) is -0.331. The van der Waals surface area contributed by atoms with E-state index in [2.05, 4.69) is 15.5 Å². The Hall–Kier alpha value is -2.57. The molecular formula is C18H23FN4O2. The summed E-state index contributed by atoms with van der Waals surface area (Å²) in [6.07, 6.45) is 1.82. The SMILES string of the molecule is COc1cc(C)c(NC(=O)N2CCC[C@H]2c2c(C)n[nH]c2C)cc1F. The zero-order valence-corrected chi connectivity index (χ0v) is 14.9. The summed E-state index contributed by atoms with van der Waals surface area (Å²) in [6, 6.07) is 2.64. The van der Waals surface area contributed by atoms with Crippen molar-refractivity contribution in [3.63, 3.8) is 0 Å². The Bertz CT molecular complexity index is 783. The lowest BCUT2D eigenvalue weighted by Crippen LogP contribution is -2.35. The molecule has 1 aliphatic heterocycles. The summed E-state index contributed by atoms with van der Waals surface area (Å²) >= 11 is 0. The molecule has 1 atom stereocenters. The minimum absolute atomic E-state index is 0.0119. The number of likely N-dealkylation sites (tertiary alicyclic amines) is 1. The number of urea groups is 1. The number of rotatable bonds is 3. The number of nitrogens with zero attached hydrogens (tertiary/aromatic N) is 2. The maximum Gasteiger partial charge on any atom is 0.322 e. The molecule has 2 N–H and O–H groups in total. The highest BCUT2D eigenvalue weighted by atomic mass is 19.1. The van der Waals surface area contributed by atoms with Crippen LogP contribution < -0.4 is 10.1 Å². The number of hydrogen-bond acceptors (Lipinski definition) is 3. The van der Waals surface area contributed by atoms with Crippen LogP contribution in [0, 0.1) is 26.6 Å². The topological polar surface area (TPSA) is 70.2 Å². The first-order chi connectivity index (χ1) is 11.9. The maximum absolute atomic E-state index is 14.0. The van der Waals surface area contributed by atoms with Crippen LogP contribution in [0.2, 0.25) is 0 Å². The number of aryl methyl sites for hydroxylation is 3. The number of benzene rings is 1. The lowest BCUT2D eigenvalue weighted by Gasteiger charge is -2.26. The minimum atomic E-state index is -0.497. The highest BCUT2D eigenvalue weighted by molar-refractivity contribution is 5.90. The molecule has 7 heteroatoms. The monoisotopic (exact) mass is 346 g/mol. The lowest BCUT2D eigenvalue weighted by atomic mass is 10.0. The number of aromatic nitrogens is 2. The number of carbonyl (C=O) groups is 1. The summed E-state index contributed by atoms with van der Waals surface area (Å²) in [5.41, 5.74) is 4.17. The van der Waals surface area contributed by atoms with Gasteiger partial charge in [0.2, 0.25) is 0 Å². The van der Waals surface area contributed by atoms with E-state index in [4.69, 9.17) is 4.74 Å². The van der Waals surface area contributed by atoms with Crippen molar-refractivity contribution in [3.05, 3.63) is 40.5 Å². The van der Waals surface area contributed by atoms with Crippen LogP contribution in [0.4, 0.5) is 14.9 Å². The average Bonchev–Trinajstić information content (AvgIpc) is 3.17. The summed E-state index contributed by atoms with van der Waals surface area (Å²) in [7, 11) is 1.42. The van der Waals surface area contributed by atoms with Gasteiger partial charge in [-0.3, -0.25) is 5.10 Å². The molecule has 1 aliphatic rings. The Morgan fingerprint density at radius 2 is 2.16 bits per heavy atom. The Labute approximate surface area is 146 Å². The molecule has 0 radical (unpaired) electrons. The maximum atomic E-state index is 14.0. The number of carbonyl (C=O) groups excluding carboxylic acids is 1. The predicted molar refractivity (Wildman–Crippen MR) is 93.5 cm³/mol. The van der Waals surface area contributed by atoms with Gasteiger partial charge in [-0.2, -0.15) is 5.10 Å². The van der Waals surface area contributed by atoms with Gasteiger partial charge in [0.15, 0.2) is 11.6 Å². The van der Waals surface area contributed by atoms with Crippen molar-refractivity contribution in [2.75, 3.05) is 19.0 Å². The lowest BCUT2D eigenvalue weighted by molar-refractivity contribution is 0.207. The van der Waals surface area contributed by atoms with Gasteiger partial charge < -0.3 is 15.0 Å². The van der Waals surface area contributed by atoms with E-state index in [1.54, 1.807) is 11.0 Å². The molecular weight excluding hydrogens is 323 g/mol. The molecule has 134 valence electrons. The first kappa shape index (κ1) is 17.3. The van der Waals surface area contributed by atoms with Gasteiger partial charge in [0.25, 0.3) is 0 Å². The molecule has 2 heterocycles. The molecule has 1 aromatic carbocycles. The fourth-order valence-electron chi connectivity index (χ4n) is 3.49. The number of halogens is 1. The van der Waals surface area contributed by atoms with Crippen LogP contribution >= 0.6 is 0 Å². The van der Waals surface area contributed by atoms with E-state index in [0.717, 1.165) is 35.4 Å². The number of anilines is 1. The third-order valence-electron chi connectivity index (χ3n) is 4.77. The van der Waals surface area contributed by atoms with Crippen LogP contribution in [0.1, 0.15) is 41.4 Å². The van der Waals surface area contributed by atoms with Gasteiger partial charge >= 0.3 is 6.03 Å². The van der Waals surface area contributed by atoms with Gasteiger partial charge in [-0.15, -0.1) is 0 Å². The number of amides is 2. The molecule has 0 bridgehead atoms. The van der Waals surface area contributed by atoms with Crippen molar-refractivity contribution < 1.29 is 13.9 Å². The van der Waals surface area contributed by atoms with Crippen molar-refractivity contribution in [2.24, 2.45) is 0 Å². The molecule has 2 amide bonds. The molecule has 1 fully saturated rings. The van der Waals surface area contributed by atoms with Crippen LogP contribution in [0.15, 0.2) is 12.1 Å². The van der Waals surface area contributed by atoms with Crippen molar-refractivity contribution in [1.29, 1.82) is 0 Å². The van der Waals surface area contributed by atoms with E-state index >= 15 is 0 Å². The number of methoxy groups -OCH3 is 1. The van der Waals surface area contributed by atoms with E-state index in [1.165, 1.54) is 13.2 Å². The summed E-state index contributed by atoms with van der Waals surface area (Å²) < 4.78 is 18.9. The standard InChI is InChI=1S/C18H23FN4O2/c1-10-8-16(25-4)13(19)9-14(10)20-18(24)23-7-5-6-15(23)17-11(2)21-22-12(17)3/h8-9,15H,5-7H2,1-4H3,(H,20,24)(H,21,22)/t15-/m0/s1. The van der Waals surface area contributed by atoms with E-state index in [0.29, 0.717) is 12.2 Å². The smallest absolute Gasteiger partial charge is 0.322 e. The molecule has 0 saturated carbocycles. The van der Waals surface area contributed by atoms with Crippen LogP contribution in [0.3, 0.4) is 0 Å². The second-order valence-corrected chi connectivity index (χ2v) is 6.43. The van der Waals surface area contributed by atoms with E-state index in [-0.39, 0.29) is 17.8 Å². The van der Waals surface area contributed by atoms with Crippen LogP contribution in [-0.4, -0.2) is 34.8 Å². The second kappa shape index (κ2) is 6.74.